The van der Waals surface area contributed by atoms with Crippen molar-refractivity contribution in [1.82, 2.24) is 9.88 Å². The molecule has 0 unspecified atom stereocenters. The Morgan fingerprint density at radius 2 is 1.91 bits per heavy atom. The van der Waals surface area contributed by atoms with Crippen molar-refractivity contribution in [2.75, 3.05) is 12.3 Å². The van der Waals surface area contributed by atoms with E-state index in [1.807, 2.05) is 64.8 Å². The minimum Gasteiger partial charge on any atom is -0.350 e. The molecule has 0 aliphatic carbocycles. The van der Waals surface area contributed by atoms with E-state index < -0.39 is 0 Å². The number of carbonyl (C=O) groups excluding carboxylic acids is 1. The SMILES string of the molecule is O=C(NCCSc1ccc(Cl)cc1)c1sccc1-n1cccc1. The monoisotopic (exact) mass is 362 g/mol. The molecule has 1 aromatic carbocycles. The number of hydrogen-bond donors (Lipinski definition) is 1. The van der Waals surface area contributed by atoms with E-state index in [9.17, 15) is 4.79 Å². The summed E-state index contributed by atoms with van der Waals surface area (Å²) in [4.78, 5) is 14.2. The fourth-order valence-corrected chi connectivity index (χ4v) is 3.82. The predicted octanol–water partition coefficient (Wildman–Crippen LogP) is 4.71. The van der Waals surface area contributed by atoms with Crippen LogP contribution in [0.2, 0.25) is 5.02 Å². The molecule has 0 fully saturated rings. The van der Waals surface area contributed by atoms with Crippen LogP contribution < -0.4 is 5.32 Å². The average Bonchev–Trinajstić information content (AvgIpc) is 3.23. The minimum absolute atomic E-state index is 0.0274. The Morgan fingerprint density at radius 1 is 1.17 bits per heavy atom. The molecule has 3 aromatic rings. The van der Waals surface area contributed by atoms with Crippen molar-refractivity contribution in [2.24, 2.45) is 0 Å². The molecule has 0 radical (unpaired) electrons. The number of thioether (sulfide) groups is 1. The van der Waals surface area contributed by atoms with Crippen LogP contribution in [0.1, 0.15) is 9.67 Å². The van der Waals surface area contributed by atoms with Crippen LogP contribution in [0, 0.1) is 0 Å². The summed E-state index contributed by atoms with van der Waals surface area (Å²) < 4.78 is 1.95. The number of hydrogen-bond acceptors (Lipinski definition) is 3. The molecule has 1 N–H and O–H groups in total. The van der Waals surface area contributed by atoms with Crippen LogP contribution in [0.15, 0.2) is 65.1 Å². The van der Waals surface area contributed by atoms with Gasteiger partial charge in [-0.25, -0.2) is 0 Å². The molecule has 2 aromatic heterocycles. The van der Waals surface area contributed by atoms with Gasteiger partial charge in [0.1, 0.15) is 4.88 Å². The van der Waals surface area contributed by atoms with E-state index in [0.717, 1.165) is 26.2 Å². The van der Waals surface area contributed by atoms with Crippen molar-refractivity contribution in [2.45, 2.75) is 4.90 Å². The number of benzene rings is 1. The summed E-state index contributed by atoms with van der Waals surface area (Å²) in [5, 5.41) is 5.65. The molecular formula is C17H15ClN2OS2. The van der Waals surface area contributed by atoms with Crippen LogP contribution in [0.4, 0.5) is 0 Å². The van der Waals surface area contributed by atoms with Gasteiger partial charge >= 0.3 is 0 Å². The smallest absolute Gasteiger partial charge is 0.263 e. The van der Waals surface area contributed by atoms with Crippen molar-refractivity contribution < 1.29 is 4.79 Å². The topological polar surface area (TPSA) is 34.0 Å². The molecule has 0 aliphatic heterocycles. The predicted molar refractivity (Wildman–Crippen MR) is 98.2 cm³/mol. The molecule has 0 aliphatic rings. The quantitative estimate of drug-likeness (QED) is 0.508. The van der Waals surface area contributed by atoms with E-state index in [2.05, 4.69) is 5.32 Å². The number of aromatic nitrogens is 1. The largest absolute Gasteiger partial charge is 0.350 e. The maximum Gasteiger partial charge on any atom is 0.263 e. The summed E-state index contributed by atoms with van der Waals surface area (Å²) in [7, 11) is 0. The van der Waals surface area contributed by atoms with E-state index in [4.69, 9.17) is 11.6 Å². The summed E-state index contributed by atoms with van der Waals surface area (Å²) in [5.74, 6) is 0.790. The highest BCUT2D eigenvalue weighted by molar-refractivity contribution is 7.99. The minimum atomic E-state index is -0.0274. The number of thiophene rings is 1. The number of carbonyl (C=O) groups is 1. The Labute approximate surface area is 148 Å². The van der Waals surface area contributed by atoms with Crippen molar-refractivity contribution in [1.29, 1.82) is 0 Å². The van der Waals surface area contributed by atoms with Crippen LogP contribution in [0.25, 0.3) is 5.69 Å². The molecule has 2 heterocycles. The standard InChI is InChI=1S/C17H15ClN2OS2/c18-13-3-5-14(6-4-13)22-12-8-19-17(21)16-15(7-11-23-16)20-9-1-2-10-20/h1-7,9-11H,8,12H2,(H,19,21). The summed E-state index contributed by atoms with van der Waals surface area (Å²) in [6.45, 7) is 0.620. The molecule has 0 saturated carbocycles. The summed E-state index contributed by atoms with van der Waals surface area (Å²) in [5.41, 5.74) is 0.919. The van der Waals surface area contributed by atoms with Gasteiger partial charge in [0, 0.05) is 34.6 Å². The maximum absolute atomic E-state index is 12.3. The van der Waals surface area contributed by atoms with Gasteiger partial charge in [-0.15, -0.1) is 23.1 Å². The van der Waals surface area contributed by atoms with Gasteiger partial charge < -0.3 is 9.88 Å². The Balaban J connectivity index is 1.52. The zero-order valence-corrected chi connectivity index (χ0v) is 14.6. The fourth-order valence-electron chi connectivity index (χ4n) is 2.12. The molecule has 6 heteroatoms. The molecular weight excluding hydrogens is 348 g/mol. The summed E-state index contributed by atoms with van der Waals surface area (Å²) in [6.07, 6.45) is 3.88. The van der Waals surface area contributed by atoms with Crippen molar-refractivity contribution in [3.05, 3.63) is 70.1 Å². The number of nitrogens with one attached hydrogen (secondary N) is 1. The first-order valence-electron chi connectivity index (χ1n) is 7.11. The van der Waals surface area contributed by atoms with Gasteiger partial charge in [0.25, 0.3) is 5.91 Å². The Kier molecular flexibility index (Phi) is 5.43. The lowest BCUT2D eigenvalue weighted by atomic mass is 10.3. The summed E-state index contributed by atoms with van der Waals surface area (Å²) >= 11 is 9.01. The number of nitrogens with zero attached hydrogens (tertiary/aromatic N) is 1. The molecule has 0 atom stereocenters. The molecule has 3 nitrogen and oxygen atoms in total. The Hall–Kier alpha value is -1.69. The van der Waals surface area contributed by atoms with Gasteiger partial charge in [-0.3, -0.25) is 4.79 Å². The van der Waals surface area contributed by atoms with Crippen LogP contribution >= 0.6 is 34.7 Å². The normalized spacial score (nSPS) is 10.7. The Morgan fingerprint density at radius 3 is 2.65 bits per heavy atom. The molecule has 1 amide bonds. The average molecular weight is 363 g/mol. The highest BCUT2D eigenvalue weighted by Gasteiger charge is 2.13. The molecule has 118 valence electrons. The van der Waals surface area contributed by atoms with Crippen molar-refractivity contribution >= 4 is 40.6 Å². The lowest BCUT2D eigenvalue weighted by Crippen LogP contribution is -2.25. The zero-order valence-electron chi connectivity index (χ0n) is 12.2. The van der Waals surface area contributed by atoms with Crippen LogP contribution in [-0.4, -0.2) is 22.8 Å². The zero-order chi connectivity index (χ0) is 16.1. The highest BCUT2D eigenvalue weighted by atomic mass is 35.5. The third-order valence-corrected chi connectivity index (χ3v) is 5.37. The first-order chi connectivity index (χ1) is 11.2. The number of amides is 1. The van der Waals surface area contributed by atoms with Crippen molar-refractivity contribution in [3.63, 3.8) is 0 Å². The van der Waals surface area contributed by atoms with Crippen LogP contribution in [0.5, 0.6) is 0 Å². The van der Waals surface area contributed by atoms with E-state index >= 15 is 0 Å². The lowest BCUT2D eigenvalue weighted by molar-refractivity contribution is 0.0960. The number of rotatable bonds is 6. The second-order valence-corrected chi connectivity index (χ2v) is 7.30. The van der Waals surface area contributed by atoms with Crippen LogP contribution in [0.3, 0.4) is 0 Å². The van der Waals surface area contributed by atoms with Gasteiger partial charge in [-0.1, -0.05) is 11.6 Å². The Bertz CT molecular complexity index is 766. The van der Waals surface area contributed by atoms with Gasteiger partial charge in [0.05, 0.1) is 5.69 Å². The van der Waals surface area contributed by atoms with Gasteiger partial charge in [0.15, 0.2) is 0 Å². The maximum atomic E-state index is 12.3. The third-order valence-electron chi connectivity index (χ3n) is 3.20. The van der Waals surface area contributed by atoms with E-state index in [-0.39, 0.29) is 5.91 Å². The van der Waals surface area contributed by atoms with E-state index in [1.165, 1.54) is 11.3 Å². The van der Waals surface area contributed by atoms with Gasteiger partial charge in [0.2, 0.25) is 0 Å². The first-order valence-corrected chi connectivity index (χ1v) is 9.36. The fraction of sp³-hybridized carbons (Fsp3) is 0.118. The molecule has 0 spiro atoms. The molecule has 0 saturated heterocycles. The van der Waals surface area contributed by atoms with Crippen molar-refractivity contribution in [3.8, 4) is 5.69 Å². The lowest BCUT2D eigenvalue weighted by Gasteiger charge is -2.07. The second kappa shape index (κ2) is 7.73. The number of halogens is 1. The highest BCUT2D eigenvalue weighted by Crippen LogP contribution is 2.22. The summed E-state index contributed by atoms with van der Waals surface area (Å²) in [6, 6.07) is 13.6. The first kappa shape index (κ1) is 16.2. The molecule has 3 rings (SSSR count). The van der Waals surface area contributed by atoms with E-state index in [0.29, 0.717) is 6.54 Å². The second-order valence-electron chi connectivity index (χ2n) is 4.78. The van der Waals surface area contributed by atoms with Crippen LogP contribution in [-0.2, 0) is 0 Å². The molecule has 0 bridgehead atoms. The van der Waals surface area contributed by atoms with Gasteiger partial charge in [-0.2, -0.15) is 0 Å². The molecule has 23 heavy (non-hydrogen) atoms. The third kappa shape index (κ3) is 4.19. The van der Waals surface area contributed by atoms with E-state index in [1.54, 1.807) is 11.8 Å². The van der Waals surface area contributed by atoms with Gasteiger partial charge in [-0.05, 0) is 47.8 Å².